The summed E-state index contributed by atoms with van der Waals surface area (Å²) in [7, 11) is 0. The average Bonchev–Trinajstić information content (AvgIpc) is 2.63. The molecule has 0 spiro atoms. The molecule has 7 nitrogen and oxygen atoms in total. The molecule has 1 aromatic rings. The summed E-state index contributed by atoms with van der Waals surface area (Å²) < 4.78 is 0. The van der Waals surface area contributed by atoms with Crippen LogP contribution in [-0.4, -0.2) is 41.3 Å². The Morgan fingerprint density at radius 2 is 2.15 bits per heavy atom. The molecule has 0 unspecified atom stereocenters. The smallest absolute Gasteiger partial charge is 0.270 e. The maximum absolute atomic E-state index is 12.3. The summed E-state index contributed by atoms with van der Waals surface area (Å²) in [6.07, 6.45) is 0.207. The second-order valence-corrected chi connectivity index (χ2v) is 4.72. The van der Waals surface area contributed by atoms with E-state index in [1.807, 2.05) is 0 Å². The van der Waals surface area contributed by atoms with E-state index in [9.17, 15) is 19.7 Å². The van der Waals surface area contributed by atoms with Gasteiger partial charge in [0.05, 0.1) is 15.5 Å². The minimum atomic E-state index is -0.583. The molecule has 1 heterocycles. The van der Waals surface area contributed by atoms with E-state index < -0.39 is 10.8 Å². The fourth-order valence-electron chi connectivity index (χ4n) is 1.93. The first-order valence-corrected chi connectivity index (χ1v) is 6.37. The van der Waals surface area contributed by atoms with Gasteiger partial charge in [-0.1, -0.05) is 11.6 Å². The van der Waals surface area contributed by atoms with Crippen molar-refractivity contribution < 1.29 is 14.5 Å². The van der Waals surface area contributed by atoms with Crippen molar-refractivity contribution in [1.82, 2.24) is 10.2 Å². The van der Waals surface area contributed by atoms with Gasteiger partial charge in [0.25, 0.3) is 11.6 Å². The van der Waals surface area contributed by atoms with Crippen molar-refractivity contribution in [2.45, 2.75) is 6.42 Å². The van der Waals surface area contributed by atoms with Crippen molar-refractivity contribution in [1.29, 1.82) is 0 Å². The van der Waals surface area contributed by atoms with Gasteiger partial charge in [0.1, 0.15) is 0 Å². The molecule has 2 amide bonds. The number of nitro benzene ring substituents is 1. The molecule has 8 heteroatoms. The Morgan fingerprint density at radius 1 is 1.40 bits per heavy atom. The summed E-state index contributed by atoms with van der Waals surface area (Å²) in [4.78, 5) is 35.2. The number of hydrogen-bond donors (Lipinski definition) is 1. The predicted molar refractivity (Wildman–Crippen MR) is 71.6 cm³/mol. The van der Waals surface area contributed by atoms with Crippen molar-refractivity contribution in [3.8, 4) is 0 Å². The van der Waals surface area contributed by atoms with Gasteiger partial charge in [-0.15, -0.1) is 0 Å². The van der Waals surface area contributed by atoms with Gasteiger partial charge in [0.2, 0.25) is 5.91 Å². The van der Waals surface area contributed by atoms with Crippen molar-refractivity contribution in [2.24, 2.45) is 0 Å². The molecule has 2 rings (SSSR count). The number of nitrogens with one attached hydrogen (secondary N) is 1. The van der Waals surface area contributed by atoms with Crippen molar-refractivity contribution in [3.05, 3.63) is 38.9 Å². The van der Waals surface area contributed by atoms with Gasteiger partial charge < -0.3 is 10.2 Å². The molecule has 0 atom stereocenters. The van der Waals surface area contributed by atoms with Crippen LogP contribution in [0.1, 0.15) is 16.8 Å². The Morgan fingerprint density at radius 3 is 2.85 bits per heavy atom. The van der Waals surface area contributed by atoms with E-state index >= 15 is 0 Å². The number of non-ortho nitro benzene ring substituents is 1. The van der Waals surface area contributed by atoms with Crippen LogP contribution in [0.15, 0.2) is 18.2 Å². The molecule has 0 saturated carbocycles. The molecular formula is C12H12ClN3O4. The third kappa shape index (κ3) is 3.05. The van der Waals surface area contributed by atoms with Gasteiger partial charge in [-0.3, -0.25) is 19.7 Å². The predicted octanol–water partition coefficient (Wildman–Crippen LogP) is 1.21. The molecular weight excluding hydrogens is 286 g/mol. The van der Waals surface area contributed by atoms with Crippen LogP contribution in [0.25, 0.3) is 0 Å². The van der Waals surface area contributed by atoms with Crippen LogP contribution < -0.4 is 5.32 Å². The van der Waals surface area contributed by atoms with Gasteiger partial charge in [-0.25, -0.2) is 0 Å². The van der Waals surface area contributed by atoms with Crippen molar-refractivity contribution in [3.63, 3.8) is 0 Å². The lowest BCUT2D eigenvalue weighted by Gasteiger charge is -2.19. The quantitative estimate of drug-likeness (QED) is 0.656. The summed E-state index contributed by atoms with van der Waals surface area (Å²) >= 11 is 5.93. The minimum absolute atomic E-state index is 0.0789. The maximum atomic E-state index is 12.3. The third-order valence-electron chi connectivity index (χ3n) is 2.99. The fraction of sp³-hybridized carbons (Fsp3) is 0.333. The number of nitro groups is 1. The lowest BCUT2D eigenvalue weighted by molar-refractivity contribution is -0.384. The number of amides is 2. The van der Waals surface area contributed by atoms with Crippen LogP contribution in [0, 0.1) is 10.1 Å². The molecule has 0 radical (unpaired) electrons. The average molecular weight is 298 g/mol. The monoisotopic (exact) mass is 297 g/mol. The molecule has 20 heavy (non-hydrogen) atoms. The normalized spacial score (nSPS) is 15.4. The lowest BCUT2D eigenvalue weighted by Crippen LogP contribution is -2.34. The highest BCUT2D eigenvalue weighted by Gasteiger charge is 2.23. The molecule has 1 aromatic carbocycles. The summed E-state index contributed by atoms with van der Waals surface area (Å²) in [6.45, 7) is 0.977. The number of carbonyl (C=O) groups is 2. The summed E-state index contributed by atoms with van der Waals surface area (Å²) in [5.41, 5.74) is -0.114. The Hall–Kier alpha value is -2.15. The summed E-state index contributed by atoms with van der Waals surface area (Å²) in [5.74, 6) is -0.527. The lowest BCUT2D eigenvalue weighted by atomic mass is 10.1. The molecule has 1 saturated heterocycles. The van der Waals surface area contributed by atoms with Gasteiger partial charge in [0.15, 0.2) is 0 Å². The molecule has 1 aliphatic heterocycles. The van der Waals surface area contributed by atoms with Crippen molar-refractivity contribution >= 4 is 29.1 Å². The SMILES string of the molecule is O=C1CCN(C(=O)c2cc([N+](=O)[O-])ccc2Cl)CCN1. The van der Waals surface area contributed by atoms with E-state index in [-0.39, 0.29) is 35.1 Å². The number of nitrogens with zero attached hydrogens (tertiary/aromatic N) is 2. The highest BCUT2D eigenvalue weighted by molar-refractivity contribution is 6.33. The second kappa shape index (κ2) is 5.87. The molecule has 0 aliphatic carbocycles. The van der Waals surface area contributed by atoms with E-state index in [0.29, 0.717) is 13.1 Å². The summed E-state index contributed by atoms with van der Waals surface area (Å²) in [5, 5.41) is 13.6. The Labute approximate surface area is 119 Å². The van der Waals surface area contributed by atoms with Gasteiger partial charge in [-0.05, 0) is 6.07 Å². The Balaban J connectivity index is 2.25. The Bertz CT molecular complexity index is 576. The van der Waals surface area contributed by atoms with Crippen LogP contribution in [0.3, 0.4) is 0 Å². The van der Waals surface area contributed by atoms with E-state index in [2.05, 4.69) is 5.32 Å². The first kappa shape index (κ1) is 14.3. The largest absolute Gasteiger partial charge is 0.354 e. The second-order valence-electron chi connectivity index (χ2n) is 4.31. The van der Waals surface area contributed by atoms with Crippen LogP contribution in [0.5, 0.6) is 0 Å². The highest BCUT2D eigenvalue weighted by atomic mass is 35.5. The van der Waals surface area contributed by atoms with Crippen LogP contribution >= 0.6 is 11.6 Å². The fourth-order valence-corrected chi connectivity index (χ4v) is 2.13. The van der Waals surface area contributed by atoms with Crippen LogP contribution in [-0.2, 0) is 4.79 Å². The zero-order valence-electron chi connectivity index (χ0n) is 10.5. The molecule has 1 aliphatic rings. The standard InChI is InChI=1S/C12H12ClN3O4/c13-10-2-1-8(16(19)20)7-9(10)12(18)15-5-3-11(17)14-4-6-15/h1-2,7H,3-6H2,(H,14,17). The minimum Gasteiger partial charge on any atom is -0.354 e. The zero-order valence-corrected chi connectivity index (χ0v) is 11.2. The number of carbonyl (C=O) groups excluding carboxylic acids is 2. The van der Waals surface area contributed by atoms with Gasteiger partial charge in [0, 0.05) is 38.2 Å². The zero-order chi connectivity index (χ0) is 14.7. The van der Waals surface area contributed by atoms with E-state index in [1.165, 1.54) is 17.0 Å². The molecule has 106 valence electrons. The molecule has 0 aromatic heterocycles. The molecule has 0 bridgehead atoms. The summed E-state index contributed by atoms with van der Waals surface area (Å²) in [6, 6.07) is 3.73. The number of benzene rings is 1. The van der Waals surface area contributed by atoms with Gasteiger partial charge >= 0.3 is 0 Å². The third-order valence-corrected chi connectivity index (χ3v) is 3.32. The number of rotatable bonds is 2. The van der Waals surface area contributed by atoms with Crippen LogP contribution in [0.4, 0.5) is 5.69 Å². The van der Waals surface area contributed by atoms with Gasteiger partial charge in [-0.2, -0.15) is 0 Å². The van der Waals surface area contributed by atoms with E-state index in [0.717, 1.165) is 6.07 Å². The molecule has 1 fully saturated rings. The van der Waals surface area contributed by atoms with E-state index in [4.69, 9.17) is 11.6 Å². The highest BCUT2D eigenvalue weighted by Crippen LogP contribution is 2.23. The first-order valence-electron chi connectivity index (χ1n) is 5.99. The van der Waals surface area contributed by atoms with Crippen LogP contribution in [0.2, 0.25) is 5.02 Å². The van der Waals surface area contributed by atoms with E-state index in [1.54, 1.807) is 0 Å². The number of halogens is 1. The topological polar surface area (TPSA) is 92.5 Å². The Kier molecular flexibility index (Phi) is 4.19. The molecule has 1 N–H and O–H groups in total. The first-order chi connectivity index (χ1) is 9.49. The number of hydrogen-bond acceptors (Lipinski definition) is 4. The maximum Gasteiger partial charge on any atom is 0.270 e. The van der Waals surface area contributed by atoms with Crippen molar-refractivity contribution in [2.75, 3.05) is 19.6 Å².